The normalized spacial score (nSPS) is 19.3. The van der Waals surface area contributed by atoms with E-state index in [-0.39, 0.29) is 18.6 Å². The molecule has 0 spiro atoms. The van der Waals surface area contributed by atoms with E-state index in [0.717, 1.165) is 25.0 Å². The lowest BCUT2D eigenvalue weighted by atomic mass is 10.1. The summed E-state index contributed by atoms with van der Waals surface area (Å²) in [4.78, 5) is 26.1. The van der Waals surface area contributed by atoms with Crippen LogP contribution in [0.2, 0.25) is 0 Å². The molecular weight excluding hydrogens is 368 g/mol. The van der Waals surface area contributed by atoms with E-state index in [2.05, 4.69) is 29.3 Å². The molecule has 6 nitrogen and oxygen atoms in total. The summed E-state index contributed by atoms with van der Waals surface area (Å²) in [5.74, 6) is 0.711. The molecule has 1 N–H and O–H groups in total. The number of amides is 1. The lowest BCUT2D eigenvalue weighted by molar-refractivity contribution is -0.123. The number of nitrogens with one attached hydrogen (secondary N) is 1. The minimum atomic E-state index is -0.414. The third-order valence-corrected chi connectivity index (χ3v) is 5.25. The Bertz CT molecular complexity index is 1050. The molecule has 2 atom stereocenters. The van der Waals surface area contributed by atoms with Crippen molar-refractivity contribution >= 4 is 16.9 Å². The molecule has 0 saturated carbocycles. The lowest BCUT2D eigenvalue weighted by Gasteiger charge is -2.17. The van der Waals surface area contributed by atoms with Gasteiger partial charge in [0.15, 0.2) is 6.61 Å². The van der Waals surface area contributed by atoms with Crippen molar-refractivity contribution in [2.75, 3.05) is 19.7 Å². The molecule has 1 aromatic heterocycles. The number of rotatable bonds is 6. The molecule has 0 unspecified atom stereocenters. The molecule has 4 rings (SSSR count). The van der Waals surface area contributed by atoms with Crippen molar-refractivity contribution in [1.82, 2.24) is 10.2 Å². The molecule has 150 valence electrons. The van der Waals surface area contributed by atoms with Crippen LogP contribution in [0.25, 0.3) is 11.0 Å². The van der Waals surface area contributed by atoms with Gasteiger partial charge in [-0.2, -0.15) is 0 Å². The van der Waals surface area contributed by atoms with E-state index in [9.17, 15) is 9.59 Å². The number of benzene rings is 2. The van der Waals surface area contributed by atoms with Gasteiger partial charge in [-0.05, 0) is 29.7 Å². The van der Waals surface area contributed by atoms with Crippen LogP contribution < -0.4 is 15.7 Å². The first-order chi connectivity index (χ1) is 14.1. The number of carbonyl (C=O) groups is 1. The second-order valence-corrected chi connectivity index (χ2v) is 7.57. The van der Waals surface area contributed by atoms with E-state index < -0.39 is 5.63 Å². The van der Waals surface area contributed by atoms with E-state index in [0.29, 0.717) is 17.3 Å². The predicted molar refractivity (Wildman–Crippen MR) is 111 cm³/mol. The maximum absolute atomic E-state index is 12.4. The minimum absolute atomic E-state index is 0.0789. The lowest BCUT2D eigenvalue weighted by Crippen LogP contribution is -2.42. The highest BCUT2D eigenvalue weighted by molar-refractivity contribution is 5.79. The Kier molecular flexibility index (Phi) is 5.62. The summed E-state index contributed by atoms with van der Waals surface area (Å²) in [5, 5.41) is 3.89. The van der Waals surface area contributed by atoms with Crippen molar-refractivity contribution < 1.29 is 13.9 Å². The van der Waals surface area contributed by atoms with Crippen molar-refractivity contribution in [3.05, 3.63) is 76.6 Å². The average molecular weight is 392 g/mol. The first-order valence-corrected chi connectivity index (χ1v) is 9.79. The third kappa shape index (κ3) is 4.84. The first kappa shape index (κ1) is 19.2. The van der Waals surface area contributed by atoms with E-state index in [4.69, 9.17) is 9.15 Å². The summed E-state index contributed by atoms with van der Waals surface area (Å²) < 4.78 is 10.7. The van der Waals surface area contributed by atoms with Crippen molar-refractivity contribution in [3.63, 3.8) is 0 Å². The second-order valence-electron chi connectivity index (χ2n) is 7.57. The van der Waals surface area contributed by atoms with Crippen LogP contribution in [0.4, 0.5) is 0 Å². The van der Waals surface area contributed by atoms with Gasteiger partial charge < -0.3 is 14.5 Å². The monoisotopic (exact) mass is 392 g/mol. The quantitative estimate of drug-likeness (QED) is 0.653. The molecule has 0 aliphatic carbocycles. The Labute approximate surface area is 169 Å². The molecule has 6 heteroatoms. The number of ether oxygens (including phenoxy) is 1. The van der Waals surface area contributed by atoms with Crippen molar-refractivity contribution in [3.8, 4) is 5.75 Å². The summed E-state index contributed by atoms with van der Waals surface area (Å²) in [7, 11) is 0. The Morgan fingerprint density at radius 3 is 2.76 bits per heavy atom. The van der Waals surface area contributed by atoms with Crippen molar-refractivity contribution in [2.24, 2.45) is 5.92 Å². The molecule has 29 heavy (non-hydrogen) atoms. The summed E-state index contributed by atoms with van der Waals surface area (Å²) in [6, 6.07) is 18.7. The Balaban J connectivity index is 1.30. The molecule has 0 radical (unpaired) electrons. The molecule has 0 bridgehead atoms. The van der Waals surface area contributed by atoms with Gasteiger partial charge in [-0.3, -0.25) is 9.69 Å². The SMILES string of the molecule is C[C@H]1CN(Cc2ccccc2)C[C@@H]1NC(=O)COc1ccc2ccc(=O)oc2c1. The predicted octanol–water partition coefficient (Wildman–Crippen LogP) is 2.81. The number of likely N-dealkylation sites (tertiary alicyclic amines) is 1. The molecular formula is C23H24N2O4. The maximum atomic E-state index is 12.4. The van der Waals surface area contributed by atoms with E-state index in [1.807, 2.05) is 18.2 Å². The van der Waals surface area contributed by atoms with Crippen molar-refractivity contribution in [2.45, 2.75) is 19.5 Å². The van der Waals surface area contributed by atoms with Crippen LogP contribution >= 0.6 is 0 Å². The van der Waals surface area contributed by atoms with E-state index >= 15 is 0 Å². The number of fused-ring (bicyclic) bond motifs is 1. The molecule has 1 aliphatic rings. The van der Waals surface area contributed by atoms with E-state index in [1.165, 1.54) is 11.6 Å². The van der Waals surface area contributed by atoms with Gasteiger partial charge in [-0.25, -0.2) is 4.79 Å². The molecule has 1 aliphatic heterocycles. The van der Waals surface area contributed by atoms with Crippen LogP contribution in [0.5, 0.6) is 5.75 Å². The van der Waals surface area contributed by atoms with Crippen LogP contribution in [0.1, 0.15) is 12.5 Å². The maximum Gasteiger partial charge on any atom is 0.336 e. The minimum Gasteiger partial charge on any atom is -0.484 e. The van der Waals surface area contributed by atoms with Gasteiger partial charge in [0.2, 0.25) is 0 Å². The fraction of sp³-hybridized carbons (Fsp3) is 0.304. The highest BCUT2D eigenvalue weighted by Crippen LogP contribution is 2.20. The summed E-state index contributed by atoms with van der Waals surface area (Å²) in [6.07, 6.45) is 0. The van der Waals surface area contributed by atoms with Gasteiger partial charge in [0.05, 0.1) is 0 Å². The average Bonchev–Trinajstić information content (AvgIpc) is 3.05. The van der Waals surface area contributed by atoms with Gasteiger partial charge in [0.25, 0.3) is 5.91 Å². The Morgan fingerprint density at radius 2 is 1.93 bits per heavy atom. The molecule has 3 aromatic rings. The van der Waals surface area contributed by atoms with Crippen LogP contribution in [0.15, 0.2) is 69.9 Å². The number of hydrogen-bond acceptors (Lipinski definition) is 5. The smallest absolute Gasteiger partial charge is 0.336 e. The standard InChI is InChI=1S/C23H24N2O4/c1-16-12-25(13-17-5-3-2-4-6-17)14-20(16)24-22(26)15-28-19-9-7-18-8-10-23(27)29-21(18)11-19/h2-11,16,20H,12-15H2,1H3,(H,24,26)/t16-,20-/m0/s1. The van der Waals surface area contributed by atoms with Gasteiger partial charge in [-0.15, -0.1) is 0 Å². The van der Waals surface area contributed by atoms with Gasteiger partial charge in [0.1, 0.15) is 11.3 Å². The number of carbonyl (C=O) groups excluding carboxylic acids is 1. The van der Waals surface area contributed by atoms with Gasteiger partial charge in [0, 0.05) is 43.2 Å². The summed E-state index contributed by atoms with van der Waals surface area (Å²) in [5.41, 5.74) is 1.30. The first-order valence-electron chi connectivity index (χ1n) is 9.79. The van der Waals surface area contributed by atoms with Crippen LogP contribution in [-0.2, 0) is 11.3 Å². The topological polar surface area (TPSA) is 71.8 Å². The Hall–Kier alpha value is -3.12. The highest BCUT2D eigenvalue weighted by atomic mass is 16.5. The number of nitrogens with zero attached hydrogens (tertiary/aromatic N) is 1. The summed E-state index contributed by atoms with van der Waals surface area (Å²) >= 11 is 0. The zero-order chi connectivity index (χ0) is 20.2. The fourth-order valence-corrected chi connectivity index (χ4v) is 3.75. The van der Waals surface area contributed by atoms with Crippen molar-refractivity contribution in [1.29, 1.82) is 0 Å². The third-order valence-electron chi connectivity index (χ3n) is 5.25. The fourth-order valence-electron chi connectivity index (χ4n) is 3.75. The zero-order valence-corrected chi connectivity index (χ0v) is 16.3. The second kappa shape index (κ2) is 8.49. The highest BCUT2D eigenvalue weighted by Gasteiger charge is 2.30. The largest absolute Gasteiger partial charge is 0.484 e. The zero-order valence-electron chi connectivity index (χ0n) is 16.3. The molecule has 1 amide bonds. The molecule has 2 aromatic carbocycles. The molecule has 2 heterocycles. The Morgan fingerprint density at radius 1 is 1.14 bits per heavy atom. The molecule has 1 fully saturated rings. The number of hydrogen-bond donors (Lipinski definition) is 1. The van der Waals surface area contributed by atoms with Crippen LogP contribution in [0, 0.1) is 5.92 Å². The summed E-state index contributed by atoms with van der Waals surface area (Å²) in [6.45, 7) is 4.73. The van der Waals surface area contributed by atoms with E-state index in [1.54, 1.807) is 24.3 Å². The van der Waals surface area contributed by atoms with Crippen LogP contribution in [-0.4, -0.2) is 36.5 Å². The molecule has 1 saturated heterocycles. The van der Waals surface area contributed by atoms with Gasteiger partial charge >= 0.3 is 5.63 Å². The van der Waals surface area contributed by atoms with Gasteiger partial charge in [-0.1, -0.05) is 37.3 Å². The van der Waals surface area contributed by atoms with Crippen LogP contribution in [0.3, 0.4) is 0 Å².